The van der Waals surface area contributed by atoms with Crippen LogP contribution >= 0.6 is 11.6 Å². The first-order chi connectivity index (χ1) is 7.20. The molecule has 0 spiro atoms. The first kappa shape index (κ1) is 10.9. The zero-order valence-electron chi connectivity index (χ0n) is 8.96. The van der Waals surface area contributed by atoms with Gasteiger partial charge in [0.25, 0.3) is 0 Å². The molecule has 0 saturated heterocycles. The van der Waals surface area contributed by atoms with Crippen molar-refractivity contribution in [3.63, 3.8) is 0 Å². The van der Waals surface area contributed by atoms with Gasteiger partial charge in [0.15, 0.2) is 0 Å². The third kappa shape index (κ3) is 2.71. The summed E-state index contributed by atoms with van der Waals surface area (Å²) in [7, 11) is 0. The van der Waals surface area contributed by atoms with Crippen LogP contribution in [0.1, 0.15) is 36.4 Å². The molecule has 0 bridgehead atoms. The lowest BCUT2D eigenvalue weighted by Crippen LogP contribution is -2.28. The van der Waals surface area contributed by atoms with E-state index in [2.05, 4.69) is 18.4 Å². The van der Waals surface area contributed by atoms with Crippen molar-refractivity contribution < 1.29 is 0 Å². The molecule has 1 aliphatic carbocycles. The summed E-state index contributed by atoms with van der Waals surface area (Å²) >= 11 is 6.00. The molecule has 2 rings (SSSR count). The highest BCUT2D eigenvalue weighted by atomic mass is 35.5. The normalized spacial score (nSPS) is 17.8. The number of hydrogen-bond acceptors (Lipinski definition) is 2. The third-order valence-electron chi connectivity index (χ3n) is 3.08. The second-order valence-corrected chi connectivity index (χ2v) is 4.84. The molecule has 1 atom stereocenters. The van der Waals surface area contributed by atoms with Crippen molar-refractivity contribution in [2.45, 2.75) is 32.2 Å². The van der Waals surface area contributed by atoms with Gasteiger partial charge in [-0.1, -0.05) is 30.5 Å². The highest BCUT2D eigenvalue weighted by molar-refractivity contribution is 6.30. The lowest BCUT2D eigenvalue weighted by atomic mass is 9.97. The molecule has 1 unspecified atom stereocenters. The molecule has 3 heteroatoms. The van der Waals surface area contributed by atoms with Gasteiger partial charge in [0.05, 0.1) is 0 Å². The van der Waals surface area contributed by atoms with Crippen molar-refractivity contribution in [3.8, 4) is 0 Å². The lowest BCUT2D eigenvalue weighted by Gasteiger charge is -2.18. The number of nitrogens with two attached hydrogens (primary N) is 1. The summed E-state index contributed by atoms with van der Waals surface area (Å²) in [6.45, 7) is 2.10. The standard InChI is InChI=1S/C12H17ClN2/c1-8-2-5-10(13)7-11(8)12(15-14)6-9-3-4-9/h2,5,7,9,12,15H,3-4,6,14H2,1H3. The molecule has 1 saturated carbocycles. The lowest BCUT2D eigenvalue weighted by molar-refractivity contribution is 0.485. The average molecular weight is 225 g/mol. The first-order valence-corrected chi connectivity index (χ1v) is 5.80. The van der Waals surface area contributed by atoms with E-state index in [-0.39, 0.29) is 6.04 Å². The summed E-state index contributed by atoms with van der Waals surface area (Å²) in [5, 5.41) is 0.784. The first-order valence-electron chi connectivity index (χ1n) is 5.43. The van der Waals surface area contributed by atoms with Gasteiger partial charge in [-0.25, -0.2) is 0 Å². The Morgan fingerprint density at radius 1 is 1.53 bits per heavy atom. The van der Waals surface area contributed by atoms with Crippen molar-refractivity contribution in [3.05, 3.63) is 34.3 Å². The second kappa shape index (κ2) is 4.52. The van der Waals surface area contributed by atoms with E-state index in [0.717, 1.165) is 17.4 Å². The highest BCUT2D eigenvalue weighted by Crippen LogP contribution is 2.38. The van der Waals surface area contributed by atoms with Crippen LogP contribution in [0.2, 0.25) is 5.02 Å². The van der Waals surface area contributed by atoms with Gasteiger partial charge in [0, 0.05) is 11.1 Å². The van der Waals surface area contributed by atoms with Crippen LogP contribution in [-0.2, 0) is 0 Å². The number of aryl methyl sites for hydroxylation is 1. The van der Waals surface area contributed by atoms with Gasteiger partial charge in [-0.15, -0.1) is 0 Å². The van der Waals surface area contributed by atoms with E-state index in [1.807, 2.05) is 12.1 Å². The monoisotopic (exact) mass is 224 g/mol. The molecule has 0 aliphatic heterocycles. The van der Waals surface area contributed by atoms with Crippen LogP contribution in [0.25, 0.3) is 0 Å². The molecule has 1 aromatic carbocycles. The van der Waals surface area contributed by atoms with Crippen LogP contribution in [0.4, 0.5) is 0 Å². The molecule has 0 aromatic heterocycles. The Morgan fingerprint density at radius 3 is 2.87 bits per heavy atom. The van der Waals surface area contributed by atoms with E-state index in [4.69, 9.17) is 17.4 Å². The van der Waals surface area contributed by atoms with Gasteiger partial charge >= 0.3 is 0 Å². The Labute approximate surface area is 95.8 Å². The number of nitrogens with one attached hydrogen (secondary N) is 1. The largest absolute Gasteiger partial charge is 0.271 e. The molecule has 82 valence electrons. The summed E-state index contributed by atoms with van der Waals surface area (Å²) in [5.41, 5.74) is 5.39. The topological polar surface area (TPSA) is 38.0 Å². The smallest absolute Gasteiger partial charge is 0.0465 e. The molecule has 1 aromatic rings. The average Bonchev–Trinajstić information content (AvgIpc) is 3.02. The van der Waals surface area contributed by atoms with Crippen LogP contribution in [0.5, 0.6) is 0 Å². The molecule has 1 fully saturated rings. The minimum Gasteiger partial charge on any atom is -0.271 e. The van der Waals surface area contributed by atoms with Crippen molar-refractivity contribution in [1.82, 2.24) is 5.43 Å². The van der Waals surface area contributed by atoms with Crippen LogP contribution < -0.4 is 11.3 Å². The summed E-state index contributed by atoms with van der Waals surface area (Å²) in [6, 6.07) is 6.24. The Bertz CT molecular complexity index is 347. The van der Waals surface area contributed by atoms with E-state index in [9.17, 15) is 0 Å². The van der Waals surface area contributed by atoms with Crippen molar-refractivity contribution in [2.75, 3.05) is 0 Å². The molecular weight excluding hydrogens is 208 g/mol. The molecule has 0 radical (unpaired) electrons. The number of rotatable bonds is 4. The van der Waals surface area contributed by atoms with E-state index in [1.165, 1.54) is 24.0 Å². The number of halogens is 1. The highest BCUT2D eigenvalue weighted by Gasteiger charge is 2.26. The molecule has 1 aliphatic rings. The minimum absolute atomic E-state index is 0.246. The van der Waals surface area contributed by atoms with Gasteiger partial charge in [0.1, 0.15) is 0 Å². The van der Waals surface area contributed by atoms with Crippen LogP contribution in [0.15, 0.2) is 18.2 Å². The summed E-state index contributed by atoms with van der Waals surface area (Å²) in [4.78, 5) is 0. The third-order valence-corrected chi connectivity index (χ3v) is 3.32. The van der Waals surface area contributed by atoms with E-state index in [0.29, 0.717) is 0 Å². The molecular formula is C12H17ClN2. The van der Waals surface area contributed by atoms with Crippen LogP contribution in [0, 0.1) is 12.8 Å². The quantitative estimate of drug-likeness (QED) is 0.610. The Kier molecular flexibility index (Phi) is 3.29. The fourth-order valence-corrected chi connectivity index (χ4v) is 2.14. The number of benzene rings is 1. The zero-order valence-corrected chi connectivity index (χ0v) is 9.72. The summed E-state index contributed by atoms with van der Waals surface area (Å²) in [6.07, 6.45) is 3.81. The van der Waals surface area contributed by atoms with Gasteiger partial charge in [0.2, 0.25) is 0 Å². The maximum atomic E-state index is 6.00. The van der Waals surface area contributed by atoms with Crippen molar-refractivity contribution >= 4 is 11.6 Å². The van der Waals surface area contributed by atoms with Gasteiger partial charge in [-0.3, -0.25) is 11.3 Å². The van der Waals surface area contributed by atoms with E-state index < -0.39 is 0 Å². The van der Waals surface area contributed by atoms with E-state index in [1.54, 1.807) is 0 Å². The van der Waals surface area contributed by atoms with Gasteiger partial charge in [-0.05, 0) is 42.5 Å². The predicted molar refractivity (Wildman–Crippen MR) is 63.6 cm³/mol. The predicted octanol–water partition coefficient (Wildman–Crippen LogP) is 2.95. The van der Waals surface area contributed by atoms with Gasteiger partial charge in [-0.2, -0.15) is 0 Å². The number of hydrazine groups is 1. The van der Waals surface area contributed by atoms with Crippen molar-refractivity contribution in [2.24, 2.45) is 11.8 Å². The summed E-state index contributed by atoms with van der Waals surface area (Å²) < 4.78 is 0. The Morgan fingerprint density at radius 2 is 2.27 bits per heavy atom. The molecule has 3 N–H and O–H groups in total. The van der Waals surface area contributed by atoms with Crippen LogP contribution in [-0.4, -0.2) is 0 Å². The zero-order chi connectivity index (χ0) is 10.8. The Balaban J connectivity index is 2.19. The maximum Gasteiger partial charge on any atom is 0.0465 e. The van der Waals surface area contributed by atoms with Crippen molar-refractivity contribution in [1.29, 1.82) is 0 Å². The second-order valence-electron chi connectivity index (χ2n) is 4.40. The fraction of sp³-hybridized carbons (Fsp3) is 0.500. The molecule has 0 heterocycles. The summed E-state index contributed by atoms with van der Waals surface area (Å²) in [5.74, 6) is 6.46. The maximum absolute atomic E-state index is 6.00. The van der Waals surface area contributed by atoms with Crippen LogP contribution in [0.3, 0.4) is 0 Å². The van der Waals surface area contributed by atoms with Gasteiger partial charge < -0.3 is 0 Å². The molecule has 2 nitrogen and oxygen atoms in total. The number of hydrogen-bond donors (Lipinski definition) is 2. The fourth-order valence-electron chi connectivity index (χ4n) is 1.96. The minimum atomic E-state index is 0.246. The molecule has 0 amide bonds. The van der Waals surface area contributed by atoms with E-state index >= 15 is 0 Å². The Hall–Kier alpha value is -0.570. The molecule has 15 heavy (non-hydrogen) atoms. The SMILES string of the molecule is Cc1ccc(Cl)cc1C(CC1CC1)NN.